The van der Waals surface area contributed by atoms with Crippen LogP contribution < -0.4 is 19.7 Å². The van der Waals surface area contributed by atoms with Crippen LogP contribution in [0, 0.1) is 5.82 Å². The summed E-state index contributed by atoms with van der Waals surface area (Å²) in [6, 6.07) is 7.74. The lowest BCUT2D eigenvalue weighted by Crippen LogP contribution is -2.48. The summed E-state index contributed by atoms with van der Waals surface area (Å²) in [5.74, 6) is -1.45. The van der Waals surface area contributed by atoms with E-state index in [9.17, 15) is 35.6 Å². The molecule has 3 aromatic rings. The second-order valence-electron chi connectivity index (χ2n) is 8.97. The number of hydrogen-bond donors (Lipinski definition) is 3. The third-order valence-corrected chi connectivity index (χ3v) is 7.47. The van der Waals surface area contributed by atoms with Crippen molar-refractivity contribution in [3.8, 4) is 5.75 Å². The van der Waals surface area contributed by atoms with Crippen molar-refractivity contribution in [3.63, 3.8) is 0 Å². The van der Waals surface area contributed by atoms with Crippen LogP contribution >= 0.6 is 0 Å². The maximum atomic E-state index is 13.6. The van der Waals surface area contributed by atoms with Gasteiger partial charge < -0.3 is 14.8 Å². The summed E-state index contributed by atoms with van der Waals surface area (Å²) in [4.78, 5) is 27.9. The van der Waals surface area contributed by atoms with E-state index in [0.717, 1.165) is 28.6 Å². The van der Waals surface area contributed by atoms with E-state index in [2.05, 4.69) is 30.6 Å². The SMILES string of the molecule is CC(C)(OC(=O)Nc1ccc2c(c1)N(S(=O)(=O)c1ccc(F)cc1)CC(CNC(=O)c1nc[nH]n1)O2)C(F)(F)F. The molecule has 0 fully saturated rings. The van der Waals surface area contributed by atoms with Gasteiger partial charge in [0.25, 0.3) is 15.9 Å². The smallest absolute Gasteiger partial charge is 0.427 e. The van der Waals surface area contributed by atoms with Crippen molar-refractivity contribution in [1.82, 2.24) is 20.5 Å². The minimum atomic E-state index is -4.84. The number of hydrogen-bond acceptors (Lipinski definition) is 8. The zero-order valence-electron chi connectivity index (χ0n) is 20.8. The van der Waals surface area contributed by atoms with E-state index in [-0.39, 0.29) is 40.9 Å². The maximum Gasteiger partial charge on any atom is 0.427 e. The van der Waals surface area contributed by atoms with Crippen LogP contribution in [-0.2, 0) is 14.8 Å². The second-order valence-corrected chi connectivity index (χ2v) is 10.8. The fourth-order valence-corrected chi connectivity index (χ4v) is 4.99. The number of fused-ring (bicyclic) bond motifs is 1. The monoisotopic (exact) mass is 586 g/mol. The van der Waals surface area contributed by atoms with Gasteiger partial charge >= 0.3 is 12.3 Å². The molecular weight excluding hydrogens is 564 g/mol. The summed E-state index contributed by atoms with van der Waals surface area (Å²) >= 11 is 0. The molecule has 1 unspecified atom stereocenters. The molecule has 3 N–H and O–H groups in total. The van der Waals surface area contributed by atoms with Gasteiger partial charge in [0.2, 0.25) is 11.4 Å². The van der Waals surface area contributed by atoms with Crippen LogP contribution in [0.25, 0.3) is 0 Å². The predicted molar refractivity (Wildman–Crippen MR) is 131 cm³/mol. The summed E-state index contributed by atoms with van der Waals surface area (Å²) in [7, 11) is -4.35. The first kappa shape index (κ1) is 28.6. The van der Waals surface area contributed by atoms with Gasteiger partial charge in [-0.15, -0.1) is 5.10 Å². The number of nitrogens with one attached hydrogen (secondary N) is 3. The Morgan fingerprint density at radius 1 is 1.18 bits per heavy atom. The highest BCUT2D eigenvalue weighted by Gasteiger charge is 2.51. The number of amides is 2. The number of carbonyl (C=O) groups is 2. The molecule has 40 heavy (non-hydrogen) atoms. The molecule has 0 saturated heterocycles. The molecular formula is C23H22F4N6O6S. The summed E-state index contributed by atoms with van der Waals surface area (Å²) < 4.78 is 91.2. The molecule has 0 aliphatic carbocycles. The first-order valence-corrected chi connectivity index (χ1v) is 12.9. The van der Waals surface area contributed by atoms with E-state index < -0.39 is 45.7 Å². The van der Waals surface area contributed by atoms with Crippen LogP contribution in [0.15, 0.2) is 53.7 Å². The van der Waals surface area contributed by atoms with Gasteiger partial charge in [-0.3, -0.25) is 19.5 Å². The summed E-state index contributed by atoms with van der Waals surface area (Å²) in [5, 5.41) is 10.7. The largest absolute Gasteiger partial charge is 0.484 e. The number of rotatable bonds is 7. The number of aromatic nitrogens is 3. The van der Waals surface area contributed by atoms with Crippen molar-refractivity contribution in [2.24, 2.45) is 0 Å². The highest BCUT2D eigenvalue weighted by atomic mass is 32.2. The number of nitrogens with zero attached hydrogens (tertiary/aromatic N) is 3. The van der Waals surface area contributed by atoms with Gasteiger partial charge in [-0.25, -0.2) is 22.6 Å². The van der Waals surface area contributed by atoms with Crippen molar-refractivity contribution < 1.29 is 45.0 Å². The Labute approximate surface area is 224 Å². The number of H-pyrrole nitrogens is 1. The minimum absolute atomic E-state index is 0.0172. The lowest BCUT2D eigenvalue weighted by atomic mass is 10.1. The number of alkyl halides is 3. The van der Waals surface area contributed by atoms with E-state index >= 15 is 0 Å². The highest BCUT2D eigenvalue weighted by molar-refractivity contribution is 7.92. The van der Waals surface area contributed by atoms with Crippen LogP contribution in [-0.4, -0.2) is 66.6 Å². The highest BCUT2D eigenvalue weighted by Crippen LogP contribution is 2.39. The molecule has 1 aliphatic heterocycles. The van der Waals surface area contributed by atoms with Crippen molar-refractivity contribution >= 4 is 33.4 Å². The van der Waals surface area contributed by atoms with Gasteiger partial charge in [0.1, 0.15) is 24.0 Å². The quantitative estimate of drug-likeness (QED) is 0.357. The molecule has 0 bridgehead atoms. The van der Waals surface area contributed by atoms with Crippen LogP contribution in [0.1, 0.15) is 24.5 Å². The standard InChI is InChI=1S/C23H22F4N6O6S/c1-22(2,23(25,26)27)39-21(35)31-14-5-8-18-17(9-14)33(40(36,37)16-6-3-13(24)4-7-16)11-15(38-18)10-28-20(34)19-29-12-30-32-19/h3-9,12,15H,10-11H2,1-2H3,(H,28,34)(H,31,35)(H,29,30,32). The van der Waals surface area contributed by atoms with E-state index in [1.807, 2.05) is 0 Å². The molecule has 1 aliphatic rings. The van der Waals surface area contributed by atoms with Gasteiger partial charge in [-0.2, -0.15) is 13.2 Å². The van der Waals surface area contributed by atoms with E-state index in [1.54, 1.807) is 0 Å². The van der Waals surface area contributed by atoms with Crippen molar-refractivity contribution in [1.29, 1.82) is 0 Å². The van der Waals surface area contributed by atoms with Gasteiger partial charge in [0.15, 0.2) is 0 Å². The van der Waals surface area contributed by atoms with Gasteiger partial charge in [0.05, 0.1) is 23.7 Å². The minimum Gasteiger partial charge on any atom is -0.484 e. The van der Waals surface area contributed by atoms with Crippen LogP contribution in [0.4, 0.5) is 33.7 Å². The first-order chi connectivity index (χ1) is 18.7. The lowest BCUT2D eigenvalue weighted by molar-refractivity contribution is -0.242. The average molecular weight is 587 g/mol. The number of halogens is 4. The Hall–Kier alpha value is -4.41. The Morgan fingerprint density at radius 2 is 1.88 bits per heavy atom. The number of aromatic amines is 1. The fourth-order valence-electron chi connectivity index (χ4n) is 3.49. The number of carbonyl (C=O) groups excluding carboxylic acids is 2. The normalized spacial score (nSPS) is 15.6. The Kier molecular flexibility index (Phi) is 7.60. The summed E-state index contributed by atoms with van der Waals surface area (Å²) in [6.07, 6.45) is -5.99. The molecule has 0 spiro atoms. The van der Waals surface area contributed by atoms with Crippen LogP contribution in [0.2, 0.25) is 0 Å². The van der Waals surface area contributed by atoms with Crippen molar-refractivity contribution in [2.75, 3.05) is 22.7 Å². The Bertz CT molecular complexity index is 1500. The zero-order valence-corrected chi connectivity index (χ0v) is 21.6. The summed E-state index contributed by atoms with van der Waals surface area (Å²) in [6.45, 7) is 0.841. The molecule has 2 amide bonds. The Balaban J connectivity index is 1.62. The number of ether oxygens (including phenoxy) is 2. The molecule has 1 atom stereocenters. The van der Waals surface area contributed by atoms with Gasteiger partial charge in [-0.1, -0.05) is 0 Å². The number of benzene rings is 2. The fraction of sp³-hybridized carbons (Fsp3) is 0.304. The molecule has 2 aromatic carbocycles. The Morgan fingerprint density at radius 3 is 2.50 bits per heavy atom. The lowest BCUT2D eigenvalue weighted by Gasteiger charge is -2.35. The third kappa shape index (κ3) is 6.08. The van der Waals surface area contributed by atoms with Crippen LogP contribution in [0.5, 0.6) is 5.75 Å². The molecule has 1 aromatic heterocycles. The predicted octanol–water partition coefficient (Wildman–Crippen LogP) is 3.22. The van der Waals surface area contributed by atoms with E-state index in [0.29, 0.717) is 13.8 Å². The molecule has 214 valence electrons. The summed E-state index contributed by atoms with van der Waals surface area (Å²) in [5.41, 5.74) is -2.97. The number of sulfonamides is 1. The van der Waals surface area contributed by atoms with Crippen molar-refractivity contribution in [2.45, 2.75) is 36.6 Å². The molecule has 17 heteroatoms. The van der Waals surface area contributed by atoms with Crippen molar-refractivity contribution in [3.05, 3.63) is 60.4 Å². The molecule has 0 saturated carbocycles. The van der Waals surface area contributed by atoms with Gasteiger partial charge in [0, 0.05) is 5.69 Å². The zero-order chi connectivity index (χ0) is 29.3. The second kappa shape index (κ2) is 10.6. The first-order valence-electron chi connectivity index (χ1n) is 11.5. The van der Waals surface area contributed by atoms with E-state index in [1.165, 1.54) is 24.5 Å². The van der Waals surface area contributed by atoms with Gasteiger partial charge in [-0.05, 0) is 56.3 Å². The van der Waals surface area contributed by atoms with E-state index in [4.69, 9.17) is 4.74 Å². The molecule has 2 heterocycles. The average Bonchev–Trinajstić information content (AvgIpc) is 3.41. The molecule has 12 nitrogen and oxygen atoms in total. The molecule has 0 radical (unpaired) electrons. The molecule has 4 rings (SSSR count). The topological polar surface area (TPSA) is 156 Å². The number of anilines is 2. The third-order valence-electron chi connectivity index (χ3n) is 5.68. The van der Waals surface area contributed by atoms with Crippen LogP contribution in [0.3, 0.4) is 0 Å². The maximum absolute atomic E-state index is 13.6.